The molecule has 1 N–H and O–H groups in total. The molecule has 18 heavy (non-hydrogen) atoms. The van der Waals surface area contributed by atoms with Gasteiger partial charge in [0.15, 0.2) is 5.37 Å². The topological polar surface area (TPSA) is 49.4 Å². The van der Waals surface area contributed by atoms with Gasteiger partial charge in [-0.2, -0.15) is 0 Å². The average Bonchev–Trinajstić information content (AvgIpc) is 2.60. The van der Waals surface area contributed by atoms with E-state index in [9.17, 15) is 9.59 Å². The summed E-state index contributed by atoms with van der Waals surface area (Å²) in [5, 5.41) is 3.01. The second-order valence-electron chi connectivity index (χ2n) is 3.90. The Morgan fingerprint density at radius 3 is 2.78 bits per heavy atom. The number of carbonyl (C=O) groups excluding carboxylic acids is 2. The standard InChI is InChI=1S/C12H13BrN2O2S/c1-8-4-2-3-5-9(8)14-10-11(16)15(7-6-13)12(17)18-10/h2-5,10,14H,6-7H2,1H3/t10-/m1/s1. The lowest BCUT2D eigenvalue weighted by atomic mass is 10.2. The molecule has 1 aliphatic rings. The van der Waals surface area contributed by atoms with Gasteiger partial charge in [0.05, 0.1) is 0 Å². The average molecular weight is 329 g/mol. The predicted octanol–water partition coefficient (Wildman–Crippen LogP) is 2.82. The summed E-state index contributed by atoms with van der Waals surface area (Å²) in [6, 6.07) is 7.70. The number of anilines is 1. The number of halogens is 1. The molecule has 0 spiro atoms. The van der Waals surface area contributed by atoms with E-state index < -0.39 is 5.37 Å². The van der Waals surface area contributed by atoms with E-state index in [0.717, 1.165) is 23.0 Å². The van der Waals surface area contributed by atoms with Gasteiger partial charge in [-0.25, -0.2) is 0 Å². The number of carbonyl (C=O) groups is 2. The number of benzene rings is 1. The number of nitrogens with one attached hydrogen (secondary N) is 1. The van der Waals surface area contributed by atoms with E-state index in [-0.39, 0.29) is 11.1 Å². The van der Waals surface area contributed by atoms with Gasteiger partial charge in [-0.05, 0) is 30.3 Å². The summed E-state index contributed by atoms with van der Waals surface area (Å²) in [4.78, 5) is 25.0. The lowest BCUT2D eigenvalue weighted by molar-refractivity contribution is -0.125. The molecule has 1 saturated heterocycles. The third-order valence-corrected chi connectivity index (χ3v) is 4.00. The second-order valence-corrected chi connectivity index (χ2v) is 5.75. The van der Waals surface area contributed by atoms with Crippen LogP contribution in [0.5, 0.6) is 0 Å². The smallest absolute Gasteiger partial charge is 0.290 e. The lowest BCUT2D eigenvalue weighted by Gasteiger charge is -2.14. The number of nitrogens with zero attached hydrogens (tertiary/aromatic N) is 1. The highest BCUT2D eigenvalue weighted by Crippen LogP contribution is 2.29. The maximum absolute atomic E-state index is 12.0. The Balaban J connectivity index is 2.10. The number of thioether (sulfide) groups is 1. The van der Waals surface area contributed by atoms with Gasteiger partial charge in [0, 0.05) is 17.6 Å². The van der Waals surface area contributed by atoms with E-state index >= 15 is 0 Å². The number of hydrogen-bond acceptors (Lipinski definition) is 4. The Bertz CT molecular complexity index is 481. The van der Waals surface area contributed by atoms with Gasteiger partial charge in [-0.1, -0.05) is 34.1 Å². The van der Waals surface area contributed by atoms with Crippen molar-refractivity contribution in [2.24, 2.45) is 0 Å². The molecule has 6 heteroatoms. The zero-order valence-corrected chi connectivity index (χ0v) is 12.3. The van der Waals surface area contributed by atoms with Crippen molar-refractivity contribution in [1.29, 1.82) is 0 Å². The highest BCUT2D eigenvalue weighted by Gasteiger charge is 2.39. The summed E-state index contributed by atoms with van der Waals surface area (Å²) in [7, 11) is 0. The Labute approximate surface area is 118 Å². The second kappa shape index (κ2) is 5.75. The third kappa shape index (κ3) is 2.70. The van der Waals surface area contributed by atoms with Crippen molar-refractivity contribution in [2.75, 3.05) is 17.2 Å². The highest BCUT2D eigenvalue weighted by molar-refractivity contribution is 9.09. The maximum Gasteiger partial charge on any atom is 0.290 e. The van der Waals surface area contributed by atoms with Crippen LogP contribution in [-0.4, -0.2) is 33.3 Å². The van der Waals surface area contributed by atoms with Crippen LogP contribution in [0, 0.1) is 6.92 Å². The minimum absolute atomic E-state index is 0.173. The van der Waals surface area contributed by atoms with Gasteiger partial charge in [-0.15, -0.1) is 0 Å². The molecule has 0 aromatic heterocycles. The minimum atomic E-state index is -0.516. The normalized spacial score (nSPS) is 19.4. The lowest BCUT2D eigenvalue weighted by Crippen LogP contribution is -2.35. The number of hydrogen-bond donors (Lipinski definition) is 1. The molecular formula is C12H13BrN2O2S. The van der Waals surface area contributed by atoms with E-state index in [1.807, 2.05) is 31.2 Å². The Hall–Kier alpha value is -1.01. The predicted molar refractivity (Wildman–Crippen MR) is 77.1 cm³/mol. The maximum atomic E-state index is 12.0. The first-order valence-electron chi connectivity index (χ1n) is 5.53. The van der Waals surface area contributed by atoms with E-state index in [1.165, 1.54) is 4.90 Å². The molecule has 4 nitrogen and oxygen atoms in total. The number of imide groups is 1. The zero-order chi connectivity index (χ0) is 13.1. The molecule has 1 heterocycles. The molecular weight excluding hydrogens is 316 g/mol. The Morgan fingerprint density at radius 2 is 2.11 bits per heavy atom. The van der Waals surface area contributed by atoms with Crippen molar-refractivity contribution < 1.29 is 9.59 Å². The first-order chi connectivity index (χ1) is 8.63. The van der Waals surface area contributed by atoms with E-state index in [2.05, 4.69) is 21.2 Å². The molecule has 0 radical (unpaired) electrons. The first-order valence-corrected chi connectivity index (χ1v) is 7.53. The molecule has 1 aliphatic heterocycles. The van der Waals surface area contributed by atoms with E-state index in [0.29, 0.717) is 11.9 Å². The van der Waals surface area contributed by atoms with Crippen molar-refractivity contribution in [3.05, 3.63) is 29.8 Å². The van der Waals surface area contributed by atoms with Crippen molar-refractivity contribution in [3.8, 4) is 0 Å². The van der Waals surface area contributed by atoms with E-state index in [1.54, 1.807) is 0 Å². The number of rotatable bonds is 4. The fraction of sp³-hybridized carbons (Fsp3) is 0.333. The van der Waals surface area contributed by atoms with Gasteiger partial charge in [0.1, 0.15) is 0 Å². The van der Waals surface area contributed by atoms with Crippen LogP contribution in [-0.2, 0) is 4.79 Å². The molecule has 1 aromatic carbocycles. The molecule has 2 amide bonds. The molecule has 1 atom stereocenters. The number of amides is 2. The molecule has 0 bridgehead atoms. The van der Waals surface area contributed by atoms with Crippen LogP contribution in [0.1, 0.15) is 5.56 Å². The van der Waals surface area contributed by atoms with Crippen LogP contribution < -0.4 is 5.32 Å². The van der Waals surface area contributed by atoms with Crippen LogP contribution in [0.4, 0.5) is 10.5 Å². The number of para-hydroxylation sites is 1. The van der Waals surface area contributed by atoms with Gasteiger partial charge in [-0.3, -0.25) is 14.5 Å². The molecule has 0 unspecified atom stereocenters. The summed E-state index contributed by atoms with van der Waals surface area (Å²) in [5.74, 6) is -0.173. The largest absolute Gasteiger partial charge is 0.365 e. The fourth-order valence-corrected chi connectivity index (χ4v) is 2.98. The Kier molecular flexibility index (Phi) is 4.29. The molecule has 96 valence electrons. The highest BCUT2D eigenvalue weighted by atomic mass is 79.9. The fourth-order valence-electron chi connectivity index (χ4n) is 1.70. The third-order valence-electron chi connectivity index (χ3n) is 2.67. The zero-order valence-electron chi connectivity index (χ0n) is 9.85. The monoisotopic (exact) mass is 328 g/mol. The van der Waals surface area contributed by atoms with Crippen LogP contribution in [0.15, 0.2) is 24.3 Å². The molecule has 0 saturated carbocycles. The van der Waals surface area contributed by atoms with Crippen LogP contribution >= 0.6 is 27.7 Å². The summed E-state index contributed by atoms with van der Waals surface area (Å²) >= 11 is 4.27. The van der Waals surface area contributed by atoms with Gasteiger partial charge in [0.25, 0.3) is 11.1 Å². The molecule has 0 aliphatic carbocycles. The number of aryl methyl sites for hydroxylation is 1. The molecule has 1 fully saturated rings. The summed E-state index contributed by atoms with van der Waals surface area (Å²) < 4.78 is 0. The van der Waals surface area contributed by atoms with Crippen molar-refractivity contribution in [1.82, 2.24) is 4.90 Å². The van der Waals surface area contributed by atoms with Crippen molar-refractivity contribution >= 4 is 44.5 Å². The molecule has 2 rings (SSSR count). The van der Waals surface area contributed by atoms with Gasteiger partial charge < -0.3 is 5.32 Å². The van der Waals surface area contributed by atoms with Gasteiger partial charge >= 0.3 is 0 Å². The van der Waals surface area contributed by atoms with Crippen molar-refractivity contribution in [2.45, 2.75) is 12.3 Å². The van der Waals surface area contributed by atoms with Crippen molar-refractivity contribution in [3.63, 3.8) is 0 Å². The Morgan fingerprint density at radius 1 is 1.39 bits per heavy atom. The summed E-state index contributed by atoms with van der Waals surface area (Å²) in [6.45, 7) is 2.38. The summed E-state index contributed by atoms with van der Waals surface area (Å²) in [6.07, 6.45) is 0. The molecule has 1 aromatic rings. The first kappa shape index (κ1) is 13.4. The van der Waals surface area contributed by atoms with E-state index in [4.69, 9.17) is 0 Å². The SMILES string of the molecule is Cc1ccccc1N[C@@H]1SC(=O)N(CCBr)C1=O. The van der Waals surface area contributed by atoms with Crippen LogP contribution in [0.2, 0.25) is 0 Å². The number of alkyl halides is 1. The van der Waals surface area contributed by atoms with Crippen LogP contribution in [0.25, 0.3) is 0 Å². The quantitative estimate of drug-likeness (QED) is 0.863. The van der Waals surface area contributed by atoms with Crippen LogP contribution in [0.3, 0.4) is 0 Å². The summed E-state index contributed by atoms with van der Waals surface area (Å²) in [5.41, 5.74) is 1.94. The van der Waals surface area contributed by atoms with Gasteiger partial charge in [0.2, 0.25) is 0 Å². The minimum Gasteiger partial charge on any atom is -0.365 e.